The lowest BCUT2D eigenvalue weighted by Gasteiger charge is -2.34. The van der Waals surface area contributed by atoms with E-state index < -0.39 is 35.5 Å². The molecule has 0 radical (unpaired) electrons. The van der Waals surface area contributed by atoms with Crippen molar-refractivity contribution < 1.29 is 24.2 Å². The number of halogens is 1. The number of aromatic nitrogens is 3. The molecule has 2 heterocycles. The second-order valence-electron chi connectivity index (χ2n) is 8.86. The van der Waals surface area contributed by atoms with E-state index in [2.05, 4.69) is 15.6 Å². The average molecular weight is 433 g/mol. The molecule has 1 aliphatic rings. The predicted molar refractivity (Wildman–Crippen MR) is 109 cm³/mol. The molecule has 2 amide bonds. The van der Waals surface area contributed by atoms with E-state index in [9.17, 15) is 24.2 Å². The Bertz CT molecular complexity index is 940. The maximum Gasteiger partial charge on any atom is 0.248 e. The summed E-state index contributed by atoms with van der Waals surface area (Å²) in [6.07, 6.45) is -0.298. The summed E-state index contributed by atoms with van der Waals surface area (Å²) in [7, 11) is 1.48. The molecule has 0 bridgehead atoms. The van der Waals surface area contributed by atoms with Crippen LogP contribution in [0.5, 0.6) is 0 Å². The molecule has 1 aromatic carbocycles. The van der Waals surface area contributed by atoms with E-state index in [1.54, 1.807) is 0 Å². The van der Waals surface area contributed by atoms with Crippen molar-refractivity contribution >= 4 is 11.8 Å². The van der Waals surface area contributed by atoms with Crippen LogP contribution in [-0.2, 0) is 9.59 Å². The first kappa shape index (κ1) is 22.8. The van der Waals surface area contributed by atoms with Gasteiger partial charge in [-0.05, 0) is 23.1 Å². The van der Waals surface area contributed by atoms with Gasteiger partial charge in [0.05, 0.1) is 12.3 Å². The van der Waals surface area contributed by atoms with Gasteiger partial charge in [-0.15, -0.1) is 5.10 Å². The number of hydrogen-bond acceptors (Lipinski definition) is 6. The van der Waals surface area contributed by atoms with E-state index in [1.165, 1.54) is 47.1 Å². The standard InChI is InChI=1S/C21H28FN5O4/c1-21(2,3)18(20(31)26-10-14(28)9-16(26)19(30)23-4)27-11-15(24-25-27)17(29)12-5-7-13(22)8-6-12/h5-8,11,14,16-18,28-29H,9-10H2,1-4H3,(H,23,30). The second kappa shape index (κ2) is 8.72. The predicted octanol–water partition coefficient (Wildman–Crippen LogP) is 0.794. The van der Waals surface area contributed by atoms with Crippen LogP contribution in [0.3, 0.4) is 0 Å². The van der Waals surface area contributed by atoms with Crippen LogP contribution in [0.2, 0.25) is 0 Å². The number of hydrogen-bond donors (Lipinski definition) is 3. The zero-order valence-electron chi connectivity index (χ0n) is 18.0. The highest BCUT2D eigenvalue weighted by Gasteiger charge is 2.45. The molecule has 31 heavy (non-hydrogen) atoms. The second-order valence-corrected chi connectivity index (χ2v) is 8.86. The van der Waals surface area contributed by atoms with Crippen LogP contribution in [0.15, 0.2) is 30.5 Å². The normalized spacial score (nSPS) is 21.1. The zero-order chi connectivity index (χ0) is 22.9. The Morgan fingerprint density at radius 3 is 2.48 bits per heavy atom. The van der Waals surface area contributed by atoms with Crippen molar-refractivity contribution in [3.05, 3.63) is 47.5 Å². The Morgan fingerprint density at radius 1 is 1.26 bits per heavy atom. The van der Waals surface area contributed by atoms with Crippen LogP contribution in [0, 0.1) is 11.2 Å². The van der Waals surface area contributed by atoms with E-state index in [4.69, 9.17) is 0 Å². The minimum atomic E-state index is -1.14. The van der Waals surface area contributed by atoms with Crippen LogP contribution in [0.4, 0.5) is 4.39 Å². The maximum atomic E-state index is 13.5. The summed E-state index contributed by atoms with van der Waals surface area (Å²) in [5.74, 6) is -1.13. The molecule has 10 heteroatoms. The Kier molecular flexibility index (Phi) is 6.42. The summed E-state index contributed by atoms with van der Waals surface area (Å²) >= 11 is 0. The lowest BCUT2D eigenvalue weighted by atomic mass is 9.85. The third-order valence-electron chi connectivity index (χ3n) is 5.42. The van der Waals surface area contributed by atoms with E-state index in [0.29, 0.717) is 5.56 Å². The van der Waals surface area contributed by atoms with Crippen LogP contribution in [0.25, 0.3) is 0 Å². The van der Waals surface area contributed by atoms with Crippen molar-refractivity contribution in [1.29, 1.82) is 0 Å². The summed E-state index contributed by atoms with van der Waals surface area (Å²) < 4.78 is 14.5. The number of nitrogens with zero attached hydrogens (tertiary/aromatic N) is 4. The Hall–Kier alpha value is -2.85. The number of β-amino-alcohol motifs (C(OH)–C–C–N with tert-alkyl or cyclic N) is 1. The molecule has 0 spiro atoms. The Balaban J connectivity index is 1.91. The van der Waals surface area contributed by atoms with Crippen molar-refractivity contribution in [2.45, 2.75) is 51.5 Å². The van der Waals surface area contributed by atoms with Gasteiger partial charge >= 0.3 is 0 Å². The van der Waals surface area contributed by atoms with E-state index in [0.717, 1.165) is 0 Å². The number of benzene rings is 1. The maximum absolute atomic E-state index is 13.5. The van der Waals surface area contributed by atoms with Crippen LogP contribution >= 0.6 is 0 Å². The average Bonchev–Trinajstić information content (AvgIpc) is 3.33. The molecule has 1 saturated heterocycles. The van der Waals surface area contributed by atoms with Gasteiger partial charge in [0.25, 0.3) is 0 Å². The van der Waals surface area contributed by atoms with Crippen LogP contribution in [0.1, 0.15) is 50.6 Å². The zero-order valence-corrected chi connectivity index (χ0v) is 18.0. The van der Waals surface area contributed by atoms with E-state index in [-0.39, 0.29) is 30.5 Å². The van der Waals surface area contributed by atoms with Gasteiger partial charge in [-0.2, -0.15) is 0 Å². The van der Waals surface area contributed by atoms with Gasteiger partial charge in [0.2, 0.25) is 11.8 Å². The third-order valence-corrected chi connectivity index (χ3v) is 5.42. The van der Waals surface area contributed by atoms with Crippen LogP contribution in [-0.4, -0.2) is 67.7 Å². The van der Waals surface area contributed by atoms with Crippen molar-refractivity contribution in [1.82, 2.24) is 25.2 Å². The Labute approximate surface area is 179 Å². The topological polar surface area (TPSA) is 121 Å². The largest absolute Gasteiger partial charge is 0.391 e. The lowest BCUT2D eigenvalue weighted by molar-refractivity contribution is -0.144. The molecule has 0 aliphatic carbocycles. The van der Waals surface area contributed by atoms with Crippen molar-refractivity contribution in [2.24, 2.45) is 5.41 Å². The highest BCUT2D eigenvalue weighted by atomic mass is 19.1. The summed E-state index contributed by atoms with van der Waals surface area (Å²) in [6.45, 7) is 5.61. The fourth-order valence-electron chi connectivity index (χ4n) is 3.87. The molecular formula is C21H28FN5O4. The van der Waals surface area contributed by atoms with Gasteiger partial charge in [0.15, 0.2) is 0 Å². The minimum Gasteiger partial charge on any atom is -0.391 e. The molecule has 4 atom stereocenters. The number of likely N-dealkylation sites (tertiary alicyclic amines) is 1. The van der Waals surface area contributed by atoms with Gasteiger partial charge in [0.1, 0.15) is 29.7 Å². The first-order valence-corrected chi connectivity index (χ1v) is 10.1. The Morgan fingerprint density at radius 2 is 1.90 bits per heavy atom. The van der Waals surface area contributed by atoms with E-state index >= 15 is 0 Å². The molecule has 2 aromatic rings. The first-order valence-electron chi connectivity index (χ1n) is 10.1. The molecule has 1 aliphatic heterocycles. The van der Waals surface area contributed by atoms with Gasteiger partial charge in [-0.25, -0.2) is 9.07 Å². The van der Waals surface area contributed by atoms with Crippen LogP contribution < -0.4 is 5.32 Å². The number of likely N-dealkylation sites (N-methyl/N-ethyl adjacent to an activating group) is 1. The summed E-state index contributed by atoms with van der Waals surface area (Å²) in [5, 5.41) is 31.3. The fourth-order valence-corrected chi connectivity index (χ4v) is 3.87. The highest BCUT2D eigenvalue weighted by Crippen LogP contribution is 2.35. The molecule has 3 rings (SSSR count). The number of rotatable bonds is 5. The number of carbonyl (C=O) groups is 2. The van der Waals surface area contributed by atoms with Crippen molar-refractivity contribution in [3.8, 4) is 0 Å². The fraction of sp³-hybridized carbons (Fsp3) is 0.524. The number of aliphatic hydroxyl groups is 2. The third kappa shape index (κ3) is 4.75. The molecule has 168 valence electrons. The molecule has 1 fully saturated rings. The SMILES string of the molecule is CNC(=O)C1CC(O)CN1C(=O)C(n1cc(C(O)c2ccc(F)cc2)nn1)C(C)(C)C. The van der Waals surface area contributed by atoms with Gasteiger partial charge in [-0.3, -0.25) is 9.59 Å². The van der Waals surface area contributed by atoms with Crippen molar-refractivity contribution in [2.75, 3.05) is 13.6 Å². The molecular weight excluding hydrogens is 405 g/mol. The molecule has 4 unspecified atom stereocenters. The summed E-state index contributed by atoms with van der Waals surface area (Å²) in [6, 6.07) is 3.77. The minimum absolute atomic E-state index is 0.0449. The molecule has 9 nitrogen and oxygen atoms in total. The smallest absolute Gasteiger partial charge is 0.248 e. The quantitative estimate of drug-likeness (QED) is 0.641. The molecule has 0 saturated carbocycles. The number of nitrogens with one attached hydrogen (secondary N) is 1. The number of aliphatic hydroxyl groups excluding tert-OH is 2. The first-order chi connectivity index (χ1) is 14.5. The number of carbonyl (C=O) groups excluding carboxylic acids is 2. The highest BCUT2D eigenvalue weighted by molar-refractivity contribution is 5.90. The van der Waals surface area contributed by atoms with E-state index in [1.807, 2.05) is 20.8 Å². The molecule has 3 N–H and O–H groups in total. The monoisotopic (exact) mass is 433 g/mol. The van der Waals surface area contributed by atoms with Gasteiger partial charge < -0.3 is 20.4 Å². The van der Waals surface area contributed by atoms with Crippen molar-refractivity contribution in [3.63, 3.8) is 0 Å². The van der Waals surface area contributed by atoms with Gasteiger partial charge in [-0.1, -0.05) is 38.1 Å². The summed E-state index contributed by atoms with van der Waals surface area (Å²) in [4.78, 5) is 27.1. The summed E-state index contributed by atoms with van der Waals surface area (Å²) in [5.41, 5.74) is 0.0383. The number of amides is 2. The lowest BCUT2D eigenvalue weighted by Crippen LogP contribution is -2.49. The van der Waals surface area contributed by atoms with Gasteiger partial charge in [0, 0.05) is 20.0 Å². The molecule has 1 aromatic heterocycles.